The lowest BCUT2D eigenvalue weighted by molar-refractivity contribution is -0.0543. The third-order valence-electron chi connectivity index (χ3n) is 3.70. The maximum atomic E-state index is 2.55. The van der Waals surface area contributed by atoms with Crippen LogP contribution in [-0.4, -0.2) is 86.3 Å². The van der Waals surface area contributed by atoms with Gasteiger partial charge in [-0.05, 0) is 54.4 Å². The molecule has 4 nitrogen and oxygen atoms in total. The molecule has 0 radical (unpaired) electrons. The SMILES string of the molecule is CCN(CC)C(C(N(C)C)N(C)C)N(CC)CC. The van der Waals surface area contributed by atoms with Crippen LogP contribution in [0.15, 0.2) is 0 Å². The van der Waals surface area contributed by atoms with Gasteiger partial charge in [0.15, 0.2) is 0 Å². The van der Waals surface area contributed by atoms with Gasteiger partial charge in [-0.3, -0.25) is 19.6 Å². The fraction of sp³-hybridized carbons (Fsp3) is 1.00. The molecule has 0 aromatic carbocycles. The van der Waals surface area contributed by atoms with Crippen molar-refractivity contribution >= 4 is 0 Å². The number of likely N-dealkylation sites (N-methyl/N-ethyl adjacent to an activating group) is 4. The van der Waals surface area contributed by atoms with Crippen LogP contribution in [-0.2, 0) is 0 Å². The molecule has 0 unspecified atom stereocenters. The highest BCUT2D eigenvalue weighted by molar-refractivity contribution is 4.82. The minimum absolute atomic E-state index is 0.407. The van der Waals surface area contributed by atoms with Crippen LogP contribution in [0.2, 0.25) is 0 Å². The molecule has 0 rings (SSSR count). The Bertz CT molecular complexity index is 178. The van der Waals surface area contributed by atoms with E-state index in [1.165, 1.54) is 0 Å². The monoisotopic (exact) mass is 258 g/mol. The van der Waals surface area contributed by atoms with E-state index in [1.54, 1.807) is 0 Å². The lowest BCUT2D eigenvalue weighted by Gasteiger charge is -2.47. The average molecular weight is 258 g/mol. The Morgan fingerprint density at radius 2 is 0.833 bits per heavy atom. The molecule has 0 N–H and O–H groups in total. The molecule has 0 heterocycles. The van der Waals surface area contributed by atoms with Gasteiger partial charge in [0.2, 0.25) is 0 Å². The van der Waals surface area contributed by atoms with Gasteiger partial charge < -0.3 is 0 Å². The van der Waals surface area contributed by atoms with Crippen molar-refractivity contribution in [3.63, 3.8) is 0 Å². The Morgan fingerprint density at radius 3 is 1.00 bits per heavy atom. The third-order valence-corrected chi connectivity index (χ3v) is 3.70. The third kappa shape index (κ3) is 4.50. The smallest absolute Gasteiger partial charge is 0.0920 e. The van der Waals surface area contributed by atoms with Crippen molar-refractivity contribution in [2.75, 3.05) is 54.4 Å². The lowest BCUT2D eigenvalue weighted by Crippen LogP contribution is -2.63. The quantitative estimate of drug-likeness (QED) is 0.580. The standard InChI is InChI=1S/C14H34N4/c1-9-17(10-2)14(18(11-3)12-4)13(15(5)6)16(7)8/h13-14H,9-12H2,1-8H3. The summed E-state index contributed by atoms with van der Waals surface area (Å²) in [6, 6.07) is 0. The molecule has 0 fully saturated rings. The molecule has 0 saturated carbocycles. The molecule has 0 bridgehead atoms. The normalized spacial score (nSPS) is 13.0. The zero-order valence-electron chi connectivity index (χ0n) is 13.8. The molecule has 0 amide bonds. The predicted octanol–water partition coefficient (Wildman–Crippen LogP) is 1.45. The summed E-state index contributed by atoms with van der Waals surface area (Å²) in [4.78, 5) is 9.75. The summed E-state index contributed by atoms with van der Waals surface area (Å²) < 4.78 is 0. The van der Waals surface area contributed by atoms with Crippen molar-refractivity contribution in [1.82, 2.24) is 19.6 Å². The number of hydrogen-bond donors (Lipinski definition) is 0. The van der Waals surface area contributed by atoms with Crippen molar-refractivity contribution in [3.8, 4) is 0 Å². The van der Waals surface area contributed by atoms with Gasteiger partial charge >= 0.3 is 0 Å². The number of rotatable bonds is 9. The van der Waals surface area contributed by atoms with Crippen molar-refractivity contribution in [1.29, 1.82) is 0 Å². The molecular formula is C14H34N4. The molecule has 0 saturated heterocycles. The van der Waals surface area contributed by atoms with Crippen LogP contribution < -0.4 is 0 Å². The van der Waals surface area contributed by atoms with Crippen LogP contribution in [0.3, 0.4) is 0 Å². The molecular weight excluding hydrogens is 224 g/mol. The van der Waals surface area contributed by atoms with Crippen LogP contribution in [0.4, 0.5) is 0 Å². The van der Waals surface area contributed by atoms with E-state index in [-0.39, 0.29) is 0 Å². The van der Waals surface area contributed by atoms with Crippen LogP contribution in [0.5, 0.6) is 0 Å². The fourth-order valence-corrected chi connectivity index (χ4v) is 2.80. The van der Waals surface area contributed by atoms with E-state index in [0.29, 0.717) is 12.3 Å². The molecule has 110 valence electrons. The predicted molar refractivity (Wildman–Crippen MR) is 80.8 cm³/mol. The van der Waals surface area contributed by atoms with Crippen molar-refractivity contribution in [2.45, 2.75) is 40.0 Å². The van der Waals surface area contributed by atoms with E-state index in [4.69, 9.17) is 0 Å². The highest BCUT2D eigenvalue weighted by Gasteiger charge is 2.32. The van der Waals surface area contributed by atoms with Crippen molar-refractivity contribution in [2.24, 2.45) is 0 Å². The van der Waals surface area contributed by atoms with E-state index < -0.39 is 0 Å². The molecule has 0 aromatic rings. The van der Waals surface area contributed by atoms with Gasteiger partial charge in [-0.2, -0.15) is 0 Å². The second-order valence-electron chi connectivity index (χ2n) is 5.20. The Labute approximate surface area is 115 Å². The summed E-state index contributed by atoms with van der Waals surface area (Å²) >= 11 is 0. The molecule has 0 aromatic heterocycles. The summed E-state index contributed by atoms with van der Waals surface area (Å²) in [6.45, 7) is 13.4. The first kappa shape index (κ1) is 17.8. The van der Waals surface area contributed by atoms with Crippen LogP contribution in [0.25, 0.3) is 0 Å². The van der Waals surface area contributed by atoms with Crippen molar-refractivity contribution in [3.05, 3.63) is 0 Å². The van der Waals surface area contributed by atoms with E-state index in [9.17, 15) is 0 Å². The molecule has 0 spiro atoms. The summed E-state index contributed by atoms with van der Waals surface area (Å²) in [6.07, 6.45) is 0.852. The highest BCUT2D eigenvalue weighted by atomic mass is 15.5. The first-order valence-electron chi connectivity index (χ1n) is 7.25. The van der Waals surface area contributed by atoms with E-state index in [1.807, 2.05) is 0 Å². The highest BCUT2D eigenvalue weighted by Crippen LogP contribution is 2.15. The van der Waals surface area contributed by atoms with Gasteiger partial charge in [0, 0.05) is 0 Å². The van der Waals surface area contributed by atoms with E-state index in [2.05, 4.69) is 75.5 Å². The lowest BCUT2D eigenvalue weighted by atomic mass is 10.2. The number of nitrogens with zero attached hydrogens (tertiary/aromatic N) is 4. The Balaban J connectivity index is 5.26. The minimum atomic E-state index is 0.407. The van der Waals surface area contributed by atoms with Crippen LogP contribution >= 0.6 is 0 Å². The largest absolute Gasteiger partial charge is 0.292 e. The average Bonchev–Trinajstić information content (AvgIpc) is 2.30. The second kappa shape index (κ2) is 8.86. The van der Waals surface area contributed by atoms with Gasteiger partial charge in [0.05, 0.1) is 12.3 Å². The zero-order valence-corrected chi connectivity index (χ0v) is 13.8. The first-order valence-corrected chi connectivity index (χ1v) is 7.25. The van der Waals surface area contributed by atoms with E-state index in [0.717, 1.165) is 26.2 Å². The Kier molecular flexibility index (Phi) is 8.78. The second-order valence-corrected chi connectivity index (χ2v) is 5.20. The molecule has 0 aliphatic heterocycles. The van der Waals surface area contributed by atoms with Gasteiger partial charge in [-0.25, -0.2) is 0 Å². The topological polar surface area (TPSA) is 13.0 Å². The minimum Gasteiger partial charge on any atom is -0.292 e. The molecule has 18 heavy (non-hydrogen) atoms. The van der Waals surface area contributed by atoms with E-state index >= 15 is 0 Å². The molecule has 0 atom stereocenters. The summed E-state index contributed by atoms with van der Waals surface area (Å²) in [5.74, 6) is 0. The Hall–Kier alpha value is -0.160. The van der Waals surface area contributed by atoms with Gasteiger partial charge in [-0.1, -0.05) is 27.7 Å². The van der Waals surface area contributed by atoms with Crippen molar-refractivity contribution < 1.29 is 0 Å². The summed E-state index contributed by atoms with van der Waals surface area (Å²) in [5, 5.41) is 0. The maximum absolute atomic E-state index is 2.55. The van der Waals surface area contributed by atoms with Gasteiger partial charge in [0.25, 0.3) is 0 Å². The van der Waals surface area contributed by atoms with Crippen LogP contribution in [0, 0.1) is 0 Å². The fourth-order valence-electron chi connectivity index (χ4n) is 2.80. The van der Waals surface area contributed by atoms with Gasteiger partial charge in [-0.15, -0.1) is 0 Å². The number of hydrogen-bond acceptors (Lipinski definition) is 4. The zero-order chi connectivity index (χ0) is 14.3. The maximum Gasteiger partial charge on any atom is 0.0920 e. The first-order chi connectivity index (χ1) is 8.44. The molecule has 4 heteroatoms. The van der Waals surface area contributed by atoms with Crippen LogP contribution in [0.1, 0.15) is 27.7 Å². The Morgan fingerprint density at radius 1 is 0.556 bits per heavy atom. The summed E-state index contributed by atoms with van der Waals surface area (Å²) in [7, 11) is 8.69. The summed E-state index contributed by atoms with van der Waals surface area (Å²) in [5.41, 5.74) is 0. The molecule has 0 aliphatic rings. The molecule has 0 aliphatic carbocycles. The van der Waals surface area contributed by atoms with Gasteiger partial charge in [0.1, 0.15) is 0 Å².